The van der Waals surface area contributed by atoms with E-state index in [1.807, 2.05) is 54.6 Å². The average Bonchev–Trinajstić information content (AvgIpc) is 2.46. The lowest BCUT2D eigenvalue weighted by Crippen LogP contribution is -2.28. The SMILES string of the molecule is CCN(C[C@H](O)c1ccccc1)c1ccc(N)cc1. The van der Waals surface area contributed by atoms with Crippen molar-refractivity contribution in [1.29, 1.82) is 0 Å². The first-order valence-corrected chi connectivity index (χ1v) is 6.54. The van der Waals surface area contributed by atoms with Gasteiger partial charge >= 0.3 is 0 Å². The van der Waals surface area contributed by atoms with Gasteiger partial charge in [0.1, 0.15) is 0 Å². The number of nitrogen functional groups attached to an aromatic ring is 1. The van der Waals surface area contributed by atoms with Crippen LogP contribution in [0, 0.1) is 0 Å². The molecule has 0 unspecified atom stereocenters. The van der Waals surface area contributed by atoms with Crippen molar-refractivity contribution in [2.45, 2.75) is 13.0 Å². The highest BCUT2D eigenvalue weighted by molar-refractivity contribution is 5.53. The maximum atomic E-state index is 10.3. The van der Waals surface area contributed by atoms with E-state index in [2.05, 4.69) is 11.8 Å². The van der Waals surface area contributed by atoms with Gasteiger partial charge in [-0.2, -0.15) is 0 Å². The van der Waals surface area contributed by atoms with Gasteiger partial charge in [-0.25, -0.2) is 0 Å². The number of aliphatic hydroxyl groups is 1. The van der Waals surface area contributed by atoms with E-state index in [0.29, 0.717) is 6.54 Å². The van der Waals surface area contributed by atoms with Crippen LogP contribution in [0.15, 0.2) is 54.6 Å². The molecule has 2 aromatic carbocycles. The van der Waals surface area contributed by atoms with Crippen LogP contribution in [0.5, 0.6) is 0 Å². The average molecular weight is 256 g/mol. The lowest BCUT2D eigenvalue weighted by Gasteiger charge is -2.26. The van der Waals surface area contributed by atoms with E-state index >= 15 is 0 Å². The Hall–Kier alpha value is -2.00. The molecule has 1 atom stereocenters. The van der Waals surface area contributed by atoms with Gasteiger partial charge in [-0.05, 0) is 36.8 Å². The summed E-state index contributed by atoms with van der Waals surface area (Å²) in [5, 5.41) is 10.3. The van der Waals surface area contributed by atoms with E-state index < -0.39 is 6.10 Å². The molecule has 0 saturated heterocycles. The highest BCUT2D eigenvalue weighted by Gasteiger charge is 2.12. The zero-order valence-electron chi connectivity index (χ0n) is 11.2. The number of nitrogens with zero attached hydrogens (tertiary/aromatic N) is 1. The number of likely N-dealkylation sites (N-methyl/N-ethyl adjacent to an activating group) is 1. The summed E-state index contributed by atoms with van der Waals surface area (Å²) >= 11 is 0. The number of anilines is 2. The Morgan fingerprint density at radius 1 is 1.05 bits per heavy atom. The van der Waals surface area contributed by atoms with Gasteiger partial charge in [-0.1, -0.05) is 30.3 Å². The van der Waals surface area contributed by atoms with Crippen molar-refractivity contribution in [3.8, 4) is 0 Å². The van der Waals surface area contributed by atoms with Crippen LogP contribution in [0.25, 0.3) is 0 Å². The van der Waals surface area contributed by atoms with Crippen molar-refractivity contribution in [3.05, 3.63) is 60.2 Å². The Bertz CT molecular complexity index is 496. The summed E-state index contributed by atoms with van der Waals surface area (Å²) in [5.41, 5.74) is 8.46. The standard InChI is InChI=1S/C16H20N2O/c1-2-18(15-10-8-14(17)9-11-15)12-16(19)13-6-4-3-5-7-13/h3-11,16,19H,2,12,17H2,1H3/t16-/m0/s1. The fourth-order valence-electron chi connectivity index (χ4n) is 2.09. The van der Waals surface area contributed by atoms with Crippen LogP contribution in [-0.2, 0) is 0 Å². The zero-order chi connectivity index (χ0) is 13.7. The van der Waals surface area contributed by atoms with Gasteiger partial charge in [0.05, 0.1) is 6.10 Å². The number of benzene rings is 2. The van der Waals surface area contributed by atoms with Crippen molar-refractivity contribution < 1.29 is 5.11 Å². The Balaban J connectivity index is 2.09. The summed E-state index contributed by atoms with van der Waals surface area (Å²) in [5.74, 6) is 0. The molecule has 0 amide bonds. The predicted molar refractivity (Wildman–Crippen MR) is 80.1 cm³/mol. The van der Waals surface area contributed by atoms with Gasteiger partial charge in [0, 0.05) is 24.5 Å². The van der Waals surface area contributed by atoms with Crippen LogP contribution in [-0.4, -0.2) is 18.2 Å². The molecular formula is C16H20N2O. The number of hydrogen-bond donors (Lipinski definition) is 2. The van der Waals surface area contributed by atoms with E-state index in [1.165, 1.54) is 0 Å². The summed E-state index contributed by atoms with van der Waals surface area (Å²) in [4.78, 5) is 2.14. The largest absolute Gasteiger partial charge is 0.399 e. The van der Waals surface area contributed by atoms with E-state index in [9.17, 15) is 5.11 Å². The van der Waals surface area contributed by atoms with Gasteiger partial charge in [-0.15, -0.1) is 0 Å². The summed E-state index contributed by atoms with van der Waals surface area (Å²) < 4.78 is 0. The van der Waals surface area contributed by atoms with Crippen molar-refractivity contribution in [1.82, 2.24) is 0 Å². The molecule has 100 valence electrons. The Morgan fingerprint density at radius 2 is 1.68 bits per heavy atom. The predicted octanol–water partition coefficient (Wildman–Crippen LogP) is 2.83. The minimum absolute atomic E-state index is 0.487. The molecule has 0 fully saturated rings. The first-order valence-electron chi connectivity index (χ1n) is 6.54. The smallest absolute Gasteiger partial charge is 0.0964 e. The minimum Gasteiger partial charge on any atom is -0.399 e. The molecule has 0 aliphatic rings. The summed E-state index contributed by atoms with van der Waals surface area (Å²) in [6.45, 7) is 3.49. The molecule has 0 radical (unpaired) electrons. The van der Waals surface area contributed by atoms with Gasteiger partial charge < -0.3 is 15.7 Å². The molecule has 0 heterocycles. The van der Waals surface area contributed by atoms with E-state index in [4.69, 9.17) is 5.73 Å². The third-order valence-corrected chi connectivity index (χ3v) is 3.22. The second-order valence-electron chi connectivity index (χ2n) is 4.56. The fraction of sp³-hybridized carbons (Fsp3) is 0.250. The van der Waals surface area contributed by atoms with Crippen LogP contribution >= 0.6 is 0 Å². The normalized spacial score (nSPS) is 12.1. The highest BCUT2D eigenvalue weighted by atomic mass is 16.3. The summed E-state index contributed by atoms with van der Waals surface area (Å²) in [7, 11) is 0. The monoisotopic (exact) mass is 256 g/mol. The Labute approximate surface area is 114 Å². The first-order chi connectivity index (χ1) is 9.20. The van der Waals surface area contributed by atoms with Crippen molar-refractivity contribution >= 4 is 11.4 Å². The van der Waals surface area contributed by atoms with Crippen LogP contribution < -0.4 is 10.6 Å². The van der Waals surface area contributed by atoms with Gasteiger partial charge in [0.25, 0.3) is 0 Å². The molecule has 0 spiro atoms. The molecule has 0 aliphatic carbocycles. The quantitative estimate of drug-likeness (QED) is 0.809. The second-order valence-corrected chi connectivity index (χ2v) is 4.56. The molecule has 0 aromatic heterocycles. The third-order valence-electron chi connectivity index (χ3n) is 3.22. The van der Waals surface area contributed by atoms with E-state index in [0.717, 1.165) is 23.5 Å². The van der Waals surface area contributed by atoms with Crippen molar-refractivity contribution in [2.75, 3.05) is 23.7 Å². The molecular weight excluding hydrogens is 236 g/mol. The number of hydrogen-bond acceptors (Lipinski definition) is 3. The number of rotatable bonds is 5. The van der Waals surface area contributed by atoms with Crippen molar-refractivity contribution in [3.63, 3.8) is 0 Å². The number of aliphatic hydroxyl groups excluding tert-OH is 1. The molecule has 3 N–H and O–H groups in total. The molecule has 3 nitrogen and oxygen atoms in total. The third kappa shape index (κ3) is 3.48. The molecule has 2 aromatic rings. The topological polar surface area (TPSA) is 49.5 Å². The van der Waals surface area contributed by atoms with Crippen LogP contribution in [0.1, 0.15) is 18.6 Å². The second kappa shape index (κ2) is 6.25. The van der Waals surface area contributed by atoms with Gasteiger partial charge in [-0.3, -0.25) is 0 Å². The Morgan fingerprint density at radius 3 is 2.26 bits per heavy atom. The first kappa shape index (κ1) is 13.4. The zero-order valence-corrected chi connectivity index (χ0v) is 11.2. The lowest BCUT2D eigenvalue weighted by atomic mass is 10.1. The lowest BCUT2D eigenvalue weighted by molar-refractivity contribution is 0.183. The Kier molecular flexibility index (Phi) is 4.42. The van der Waals surface area contributed by atoms with Gasteiger partial charge in [0.15, 0.2) is 0 Å². The maximum Gasteiger partial charge on any atom is 0.0964 e. The van der Waals surface area contributed by atoms with Crippen LogP contribution in [0.3, 0.4) is 0 Å². The molecule has 19 heavy (non-hydrogen) atoms. The summed E-state index contributed by atoms with van der Waals surface area (Å²) in [6, 6.07) is 17.5. The van der Waals surface area contributed by atoms with E-state index in [1.54, 1.807) is 0 Å². The summed E-state index contributed by atoms with van der Waals surface area (Å²) in [6.07, 6.45) is -0.487. The van der Waals surface area contributed by atoms with Crippen LogP contribution in [0.4, 0.5) is 11.4 Å². The molecule has 0 bridgehead atoms. The van der Waals surface area contributed by atoms with Gasteiger partial charge in [0.2, 0.25) is 0 Å². The maximum absolute atomic E-state index is 10.3. The molecule has 3 heteroatoms. The highest BCUT2D eigenvalue weighted by Crippen LogP contribution is 2.20. The number of nitrogens with two attached hydrogens (primary N) is 1. The molecule has 0 aliphatic heterocycles. The fourth-order valence-corrected chi connectivity index (χ4v) is 2.09. The van der Waals surface area contributed by atoms with E-state index in [-0.39, 0.29) is 0 Å². The molecule has 2 rings (SSSR count). The van der Waals surface area contributed by atoms with Crippen molar-refractivity contribution in [2.24, 2.45) is 0 Å². The minimum atomic E-state index is -0.487. The molecule has 0 saturated carbocycles. The van der Waals surface area contributed by atoms with Crippen LogP contribution in [0.2, 0.25) is 0 Å².